The normalized spacial score (nSPS) is 11.1. The van der Waals surface area contributed by atoms with Crippen molar-refractivity contribution in [2.75, 3.05) is 12.8 Å². The van der Waals surface area contributed by atoms with Gasteiger partial charge in [0.05, 0.1) is 12.1 Å². The molecular formula is C24H25ClN4O2. The number of imidazole rings is 1. The summed E-state index contributed by atoms with van der Waals surface area (Å²) in [7, 11) is 1.61. The van der Waals surface area contributed by atoms with Crippen LogP contribution in [0.3, 0.4) is 0 Å². The van der Waals surface area contributed by atoms with E-state index < -0.39 is 0 Å². The molecule has 0 fully saturated rings. The Hall–Kier alpha value is -3.25. The smallest absolute Gasteiger partial charge is 0.169 e. The second-order valence-electron chi connectivity index (χ2n) is 7.26. The van der Waals surface area contributed by atoms with Crippen LogP contribution in [0.15, 0.2) is 54.9 Å². The number of halogens is 1. The SMILES string of the molecule is CCCCCc1nc(-c2ccc(Oc3ccccc3Cl)c(OC)c2)c2c(N)nccn12. The average molecular weight is 437 g/mol. The molecule has 0 saturated heterocycles. The highest BCUT2D eigenvalue weighted by atomic mass is 35.5. The number of aryl methyl sites for hydroxylation is 1. The Kier molecular flexibility index (Phi) is 6.28. The number of hydrogen-bond donors (Lipinski definition) is 1. The minimum atomic E-state index is 0.446. The second-order valence-corrected chi connectivity index (χ2v) is 7.67. The molecule has 0 unspecified atom stereocenters. The predicted molar refractivity (Wildman–Crippen MR) is 124 cm³/mol. The molecule has 2 aromatic heterocycles. The summed E-state index contributed by atoms with van der Waals surface area (Å²) in [4.78, 5) is 9.20. The van der Waals surface area contributed by atoms with E-state index in [1.807, 2.05) is 47.0 Å². The number of rotatable bonds is 8. The molecule has 4 aromatic rings. The monoisotopic (exact) mass is 436 g/mol. The van der Waals surface area contributed by atoms with E-state index >= 15 is 0 Å². The fraction of sp³-hybridized carbons (Fsp3) is 0.250. The number of nitrogens with two attached hydrogens (primary N) is 1. The fourth-order valence-corrected chi connectivity index (χ4v) is 3.76. The molecular weight excluding hydrogens is 412 g/mol. The van der Waals surface area contributed by atoms with E-state index in [0.29, 0.717) is 28.1 Å². The predicted octanol–water partition coefficient (Wildman–Crippen LogP) is 6.17. The minimum absolute atomic E-state index is 0.446. The molecule has 160 valence electrons. The van der Waals surface area contributed by atoms with Gasteiger partial charge >= 0.3 is 0 Å². The van der Waals surface area contributed by atoms with Crippen LogP contribution in [-0.4, -0.2) is 21.5 Å². The summed E-state index contributed by atoms with van der Waals surface area (Å²) >= 11 is 6.24. The zero-order valence-corrected chi connectivity index (χ0v) is 18.4. The first-order valence-corrected chi connectivity index (χ1v) is 10.7. The third-order valence-corrected chi connectivity index (χ3v) is 5.47. The number of fused-ring (bicyclic) bond motifs is 1. The van der Waals surface area contributed by atoms with Crippen molar-refractivity contribution in [3.05, 3.63) is 65.7 Å². The van der Waals surface area contributed by atoms with Gasteiger partial charge in [-0.1, -0.05) is 43.5 Å². The largest absolute Gasteiger partial charge is 0.493 e. The van der Waals surface area contributed by atoms with Crippen LogP contribution >= 0.6 is 11.6 Å². The fourth-order valence-electron chi connectivity index (χ4n) is 3.58. The first-order chi connectivity index (χ1) is 15.1. The number of unbranched alkanes of at least 4 members (excludes halogenated alkanes) is 2. The van der Waals surface area contributed by atoms with Crippen molar-refractivity contribution in [3.63, 3.8) is 0 Å². The zero-order chi connectivity index (χ0) is 21.8. The molecule has 0 bridgehead atoms. The van der Waals surface area contributed by atoms with E-state index in [9.17, 15) is 0 Å². The van der Waals surface area contributed by atoms with Crippen molar-refractivity contribution in [2.45, 2.75) is 32.6 Å². The van der Waals surface area contributed by atoms with Crippen molar-refractivity contribution in [1.29, 1.82) is 0 Å². The topological polar surface area (TPSA) is 74.7 Å². The Bertz CT molecular complexity index is 1210. The van der Waals surface area contributed by atoms with E-state index in [1.165, 1.54) is 0 Å². The molecule has 6 nitrogen and oxygen atoms in total. The summed E-state index contributed by atoms with van der Waals surface area (Å²) in [5, 5.41) is 0.532. The van der Waals surface area contributed by atoms with E-state index in [1.54, 1.807) is 19.4 Å². The number of aromatic nitrogens is 3. The highest BCUT2D eigenvalue weighted by molar-refractivity contribution is 6.32. The molecule has 31 heavy (non-hydrogen) atoms. The van der Waals surface area contributed by atoms with E-state index in [0.717, 1.165) is 48.3 Å². The summed E-state index contributed by atoms with van der Waals surface area (Å²) in [6.07, 6.45) is 7.89. The Balaban J connectivity index is 1.75. The summed E-state index contributed by atoms with van der Waals surface area (Å²) in [6, 6.07) is 13.0. The number of hydrogen-bond acceptors (Lipinski definition) is 5. The van der Waals surface area contributed by atoms with Gasteiger partial charge in [0, 0.05) is 24.4 Å². The number of nitrogens with zero attached hydrogens (tertiary/aromatic N) is 3. The number of ether oxygens (including phenoxy) is 2. The Morgan fingerprint density at radius 2 is 1.90 bits per heavy atom. The molecule has 0 amide bonds. The zero-order valence-electron chi connectivity index (χ0n) is 17.6. The van der Waals surface area contributed by atoms with Crippen LogP contribution < -0.4 is 15.2 Å². The van der Waals surface area contributed by atoms with Gasteiger partial charge in [-0.2, -0.15) is 0 Å². The van der Waals surface area contributed by atoms with Crippen molar-refractivity contribution in [3.8, 4) is 28.5 Å². The lowest BCUT2D eigenvalue weighted by molar-refractivity contribution is 0.379. The highest BCUT2D eigenvalue weighted by Crippen LogP contribution is 2.38. The van der Waals surface area contributed by atoms with Crippen molar-refractivity contribution >= 4 is 22.9 Å². The minimum Gasteiger partial charge on any atom is -0.493 e. The van der Waals surface area contributed by atoms with Gasteiger partial charge < -0.3 is 15.2 Å². The molecule has 0 radical (unpaired) electrons. The Morgan fingerprint density at radius 1 is 1.06 bits per heavy atom. The van der Waals surface area contributed by atoms with Crippen LogP contribution in [0.1, 0.15) is 32.0 Å². The van der Waals surface area contributed by atoms with Crippen molar-refractivity contribution < 1.29 is 9.47 Å². The standard InChI is InChI=1S/C24H25ClN4O2/c1-3-4-5-10-21-28-22(23-24(26)27-13-14-29(21)23)16-11-12-19(20(15-16)30-2)31-18-9-7-6-8-17(18)25/h6-9,11-15H,3-5,10H2,1-2H3,(H2,26,27). The van der Waals surface area contributed by atoms with Gasteiger partial charge in [-0.15, -0.1) is 0 Å². The summed E-state index contributed by atoms with van der Waals surface area (Å²) in [6.45, 7) is 2.19. The van der Waals surface area contributed by atoms with Crippen LogP contribution in [-0.2, 0) is 6.42 Å². The van der Waals surface area contributed by atoms with Gasteiger partial charge in [0.2, 0.25) is 0 Å². The van der Waals surface area contributed by atoms with E-state index in [2.05, 4.69) is 11.9 Å². The van der Waals surface area contributed by atoms with Crippen LogP contribution in [0.4, 0.5) is 5.82 Å². The molecule has 2 heterocycles. The lowest BCUT2D eigenvalue weighted by atomic mass is 10.1. The van der Waals surface area contributed by atoms with Crippen LogP contribution in [0.25, 0.3) is 16.8 Å². The lowest BCUT2D eigenvalue weighted by Gasteiger charge is -2.12. The van der Waals surface area contributed by atoms with Gasteiger partial charge in [0.15, 0.2) is 11.5 Å². The molecule has 0 saturated carbocycles. The molecule has 0 spiro atoms. The Morgan fingerprint density at radius 3 is 2.68 bits per heavy atom. The van der Waals surface area contributed by atoms with Gasteiger partial charge in [-0.05, 0) is 36.8 Å². The molecule has 2 aromatic carbocycles. The molecule has 2 N–H and O–H groups in total. The van der Waals surface area contributed by atoms with Crippen LogP contribution in [0.5, 0.6) is 17.2 Å². The summed E-state index contributed by atoms with van der Waals surface area (Å²) in [5.41, 5.74) is 8.70. The molecule has 7 heteroatoms. The first-order valence-electron chi connectivity index (χ1n) is 10.3. The molecule has 0 aliphatic rings. The first kappa shape index (κ1) is 21.0. The third-order valence-electron chi connectivity index (χ3n) is 5.15. The van der Waals surface area contributed by atoms with Gasteiger partial charge in [-0.25, -0.2) is 9.97 Å². The highest BCUT2D eigenvalue weighted by Gasteiger charge is 2.18. The van der Waals surface area contributed by atoms with Crippen molar-refractivity contribution in [2.24, 2.45) is 0 Å². The molecule has 4 rings (SSSR count). The molecule has 0 aliphatic heterocycles. The summed E-state index contributed by atoms with van der Waals surface area (Å²) < 4.78 is 13.6. The van der Waals surface area contributed by atoms with Crippen molar-refractivity contribution in [1.82, 2.24) is 14.4 Å². The van der Waals surface area contributed by atoms with E-state index in [4.69, 9.17) is 31.8 Å². The number of nitrogen functional groups attached to an aromatic ring is 1. The second kappa shape index (κ2) is 9.27. The number of para-hydroxylation sites is 1. The van der Waals surface area contributed by atoms with Gasteiger partial charge in [0.25, 0.3) is 0 Å². The number of anilines is 1. The van der Waals surface area contributed by atoms with Gasteiger partial charge in [0.1, 0.15) is 28.6 Å². The maximum atomic E-state index is 6.24. The van der Waals surface area contributed by atoms with E-state index in [-0.39, 0.29) is 0 Å². The molecule has 0 atom stereocenters. The third kappa shape index (κ3) is 4.30. The lowest BCUT2D eigenvalue weighted by Crippen LogP contribution is -1.98. The number of benzene rings is 2. The van der Waals surface area contributed by atoms with Gasteiger partial charge in [-0.3, -0.25) is 4.40 Å². The Labute approximate surface area is 186 Å². The summed E-state index contributed by atoms with van der Waals surface area (Å²) in [5.74, 6) is 3.13. The number of methoxy groups -OCH3 is 1. The maximum absolute atomic E-state index is 6.24. The van der Waals surface area contributed by atoms with Crippen LogP contribution in [0.2, 0.25) is 5.02 Å². The van der Waals surface area contributed by atoms with Crippen LogP contribution in [0, 0.1) is 0 Å². The molecule has 0 aliphatic carbocycles. The average Bonchev–Trinajstić information content (AvgIpc) is 3.16. The quantitative estimate of drug-likeness (QED) is 0.334. The maximum Gasteiger partial charge on any atom is 0.169 e.